The van der Waals surface area contributed by atoms with Gasteiger partial charge in [-0.25, -0.2) is 4.39 Å². The Morgan fingerprint density at radius 2 is 2.18 bits per heavy atom. The zero-order valence-electron chi connectivity index (χ0n) is 12.3. The summed E-state index contributed by atoms with van der Waals surface area (Å²) in [5.74, 6) is 0.219. The number of nitrogens with zero attached hydrogens (tertiary/aromatic N) is 1. The maximum absolute atomic E-state index is 14.1. The fourth-order valence-electron chi connectivity index (χ4n) is 2.84. The molecule has 3 N–H and O–H groups in total. The molecule has 2 aromatic rings. The van der Waals surface area contributed by atoms with Gasteiger partial charge < -0.3 is 10.2 Å². The van der Waals surface area contributed by atoms with Gasteiger partial charge >= 0.3 is 0 Å². The second-order valence-corrected chi connectivity index (χ2v) is 5.79. The molecule has 1 unspecified atom stereocenters. The summed E-state index contributed by atoms with van der Waals surface area (Å²) >= 11 is 5.24. The summed E-state index contributed by atoms with van der Waals surface area (Å²) in [7, 11) is 0. The lowest BCUT2D eigenvalue weighted by Gasteiger charge is -2.28. The SMILES string of the molecule is CCC[NH+]1CNc2c(c(=O)[nH]c(=S)n2-c2ccccc2F)C1. The molecule has 0 saturated carbocycles. The lowest BCUT2D eigenvalue weighted by Crippen LogP contribution is -3.12. The van der Waals surface area contributed by atoms with E-state index in [4.69, 9.17) is 12.2 Å². The third kappa shape index (κ3) is 2.57. The van der Waals surface area contributed by atoms with Crippen LogP contribution in [-0.2, 0) is 6.54 Å². The quantitative estimate of drug-likeness (QED) is 0.745. The number of anilines is 1. The Morgan fingerprint density at radius 3 is 2.91 bits per heavy atom. The van der Waals surface area contributed by atoms with Gasteiger partial charge in [0.2, 0.25) is 0 Å². The topological polar surface area (TPSA) is 54.3 Å². The molecular weight excluding hydrogens is 303 g/mol. The van der Waals surface area contributed by atoms with Crippen LogP contribution in [0.5, 0.6) is 0 Å². The minimum Gasteiger partial charge on any atom is -0.324 e. The van der Waals surface area contributed by atoms with Crippen molar-refractivity contribution in [2.45, 2.75) is 19.9 Å². The summed E-state index contributed by atoms with van der Waals surface area (Å²) < 4.78 is 15.9. The number of H-pyrrole nitrogens is 1. The van der Waals surface area contributed by atoms with Crippen molar-refractivity contribution >= 4 is 18.0 Å². The van der Waals surface area contributed by atoms with Gasteiger partial charge in [0.15, 0.2) is 11.4 Å². The molecule has 22 heavy (non-hydrogen) atoms. The molecule has 0 amide bonds. The first-order valence-electron chi connectivity index (χ1n) is 7.32. The zero-order chi connectivity index (χ0) is 15.7. The van der Waals surface area contributed by atoms with E-state index < -0.39 is 0 Å². The third-order valence-electron chi connectivity index (χ3n) is 3.84. The fraction of sp³-hybridized carbons (Fsp3) is 0.333. The summed E-state index contributed by atoms with van der Waals surface area (Å²) in [5, 5.41) is 3.25. The largest absolute Gasteiger partial charge is 0.324 e. The average molecular weight is 321 g/mol. The lowest BCUT2D eigenvalue weighted by atomic mass is 10.2. The van der Waals surface area contributed by atoms with Crippen LogP contribution in [0.1, 0.15) is 18.9 Å². The van der Waals surface area contributed by atoms with Crippen LogP contribution in [0.15, 0.2) is 29.1 Å². The van der Waals surface area contributed by atoms with E-state index in [9.17, 15) is 9.18 Å². The number of rotatable bonds is 3. The first-order valence-corrected chi connectivity index (χ1v) is 7.73. The summed E-state index contributed by atoms with van der Waals surface area (Å²) in [6.45, 7) is 4.38. The van der Waals surface area contributed by atoms with E-state index in [2.05, 4.69) is 17.2 Å². The number of quaternary nitrogens is 1. The van der Waals surface area contributed by atoms with Crippen molar-refractivity contribution < 1.29 is 9.29 Å². The predicted molar refractivity (Wildman–Crippen MR) is 85.5 cm³/mol. The van der Waals surface area contributed by atoms with Crippen molar-refractivity contribution in [1.82, 2.24) is 9.55 Å². The highest BCUT2D eigenvalue weighted by atomic mass is 32.1. The maximum atomic E-state index is 14.1. The second-order valence-electron chi connectivity index (χ2n) is 5.40. The van der Waals surface area contributed by atoms with Crippen LogP contribution in [-0.4, -0.2) is 22.8 Å². The molecule has 0 bridgehead atoms. The number of halogens is 1. The number of benzene rings is 1. The van der Waals surface area contributed by atoms with Crippen molar-refractivity contribution in [1.29, 1.82) is 0 Å². The Balaban J connectivity index is 2.18. The van der Waals surface area contributed by atoms with Gasteiger partial charge in [-0.2, -0.15) is 0 Å². The van der Waals surface area contributed by atoms with Crippen LogP contribution < -0.4 is 15.8 Å². The molecule has 0 radical (unpaired) electrons. The van der Waals surface area contributed by atoms with Crippen molar-refractivity contribution in [2.24, 2.45) is 0 Å². The molecule has 0 saturated heterocycles. The van der Waals surface area contributed by atoms with Gasteiger partial charge in [-0.3, -0.25) is 14.3 Å². The van der Waals surface area contributed by atoms with Crippen LogP contribution in [0.2, 0.25) is 0 Å². The number of aromatic amines is 1. The molecule has 116 valence electrons. The Morgan fingerprint density at radius 1 is 1.41 bits per heavy atom. The van der Waals surface area contributed by atoms with E-state index in [0.29, 0.717) is 30.3 Å². The molecule has 0 spiro atoms. The number of hydrogen-bond donors (Lipinski definition) is 3. The Hall–Kier alpha value is -1.99. The third-order valence-corrected chi connectivity index (χ3v) is 4.12. The average Bonchev–Trinajstić information content (AvgIpc) is 2.50. The van der Waals surface area contributed by atoms with Gasteiger partial charge in [0, 0.05) is 0 Å². The smallest absolute Gasteiger partial charge is 0.262 e. The molecule has 2 heterocycles. The Bertz CT molecular complexity index is 814. The highest BCUT2D eigenvalue weighted by molar-refractivity contribution is 7.71. The summed E-state index contributed by atoms with van der Waals surface area (Å²) in [6.07, 6.45) is 1.04. The monoisotopic (exact) mass is 321 g/mol. The number of fused-ring (bicyclic) bond motifs is 1. The van der Waals surface area contributed by atoms with Gasteiger partial charge in [-0.15, -0.1) is 0 Å². The minimum absolute atomic E-state index is 0.195. The highest BCUT2D eigenvalue weighted by Crippen LogP contribution is 2.21. The number of hydrogen-bond acceptors (Lipinski definition) is 3. The molecule has 7 heteroatoms. The van der Waals surface area contributed by atoms with Crippen LogP contribution >= 0.6 is 12.2 Å². The number of aromatic nitrogens is 2. The van der Waals surface area contributed by atoms with E-state index in [1.807, 2.05) is 0 Å². The van der Waals surface area contributed by atoms with E-state index in [1.54, 1.807) is 22.8 Å². The molecular formula is C15H18FN4OS+. The maximum Gasteiger partial charge on any atom is 0.262 e. The van der Waals surface area contributed by atoms with E-state index in [0.717, 1.165) is 13.0 Å². The van der Waals surface area contributed by atoms with Crippen LogP contribution in [0.25, 0.3) is 5.69 Å². The Labute approximate surface area is 132 Å². The minimum atomic E-state index is -0.377. The molecule has 3 rings (SSSR count). The summed E-state index contributed by atoms with van der Waals surface area (Å²) in [4.78, 5) is 16.2. The van der Waals surface area contributed by atoms with Gasteiger partial charge in [-0.1, -0.05) is 19.1 Å². The van der Waals surface area contributed by atoms with Gasteiger partial charge in [0.25, 0.3) is 5.56 Å². The normalized spacial score (nSPS) is 16.9. The van der Waals surface area contributed by atoms with E-state index >= 15 is 0 Å². The molecule has 0 aliphatic carbocycles. The molecule has 1 aliphatic rings. The van der Waals surface area contributed by atoms with Gasteiger partial charge in [0.1, 0.15) is 23.7 Å². The summed E-state index contributed by atoms with van der Waals surface area (Å²) in [5.41, 5.74) is 0.756. The van der Waals surface area contributed by atoms with Crippen molar-refractivity contribution in [2.75, 3.05) is 18.5 Å². The van der Waals surface area contributed by atoms with Crippen LogP contribution in [0.3, 0.4) is 0 Å². The zero-order valence-corrected chi connectivity index (χ0v) is 13.1. The van der Waals surface area contributed by atoms with E-state index in [1.165, 1.54) is 11.0 Å². The fourth-order valence-corrected chi connectivity index (χ4v) is 3.12. The predicted octanol–water partition coefficient (Wildman–Crippen LogP) is 1.21. The first-order chi connectivity index (χ1) is 10.6. The molecule has 5 nitrogen and oxygen atoms in total. The first kappa shape index (κ1) is 14.9. The Kier molecular flexibility index (Phi) is 4.08. The molecule has 1 aromatic carbocycles. The standard InChI is InChI=1S/C15H17FN4OS/c1-2-7-19-8-10-13(17-9-19)20(15(22)18-14(10)21)12-6-4-3-5-11(12)16/h3-6,17H,2,7-9H2,1H3,(H,18,21,22)/p+1. The van der Waals surface area contributed by atoms with Crippen molar-refractivity contribution in [3.8, 4) is 5.69 Å². The lowest BCUT2D eigenvalue weighted by molar-refractivity contribution is -0.912. The second kappa shape index (κ2) is 6.02. The summed E-state index contributed by atoms with van der Waals surface area (Å²) in [6, 6.07) is 6.40. The number of para-hydroxylation sites is 1. The van der Waals surface area contributed by atoms with Crippen molar-refractivity contribution in [3.63, 3.8) is 0 Å². The molecule has 1 atom stereocenters. The van der Waals surface area contributed by atoms with E-state index in [-0.39, 0.29) is 16.1 Å². The van der Waals surface area contributed by atoms with Crippen molar-refractivity contribution in [3.05, 3.63) is 50.8 Å². The highest BCUT2D eigenvalue weighted by Gasteiger charge is 2.25. The van der Waals surface area contributed by atoms with Gasteiger partial charge in [-0.05, 0) is 30.8 Å². The van der Waals surface area contributed by atoms with Crippen LogP contribution in [0, 0.1) is 10.6 Å². The molecule has 1 aromatic heterocycles. The van der Waals surface area contributed by atoms with Crippen LogP contribution in [0.4, 0.5) is 10.2 Å². The number of nitrogens with one attached hydrogen (secondary N) is 3. The molecule has 1 aliphatic heterocycles. The van der Waals surface area contributed by atoms with Gasteiger partial charge in [0.05, 0.1) is 12.2 Å². The molecule has 0 fully saturated rings.